The topological polar surface area (TPSA) is 47.6 Å². The molecule has 1 amide bonds. The van der Waals surface area contributed by atoms with Gasteiger partial charge in [-0.2, -0.15) is 0 Å². The minimum absolute atomic E-state index is 0.0735. The summed E-state index contributed by atoms with van der Waals surface area (Å²) < 4.78 is 10.1. The van der Waals surface area contributed by atoms with E-state index in [0.29, 0.717) is 32.8 Å². The molecular weight excluding hydrogens is 238 g/mol. The molecule has 0 radical (unpaired) electrons. The van der Waals surface area contributed by atoms with Crippen LogP contribution in [-0.4, -0.2) is 39.4 Å². The molecule has 1 N–H and O–H groups in total. The Balaban J connectivity index is 1.94. The van der Waals surface area contributed by atoms with Crippen molar-refractivity contribution in [1.82, 2.24) is 5.32 Å². The number of nitrogens with one attached hydrogen (secondary N) is 1. The number of thiophene rings is 1. The van der Waals surface area contributed by atoms with Gasteiger partial charge in [0, 0.05) is 25.1 Å². The summed E-state index contributed by atoms with van der Waals surface area (Å²) in [6.07, 6.45) is 1.31. The Labute approximate surface area is 106 Å². The average molecular weight is 257 g/mol. The summed E-state index contributed by atoms with van der Waals surface area (Å²) in [5.41, 5.74) is 0. The highest BCUT2D eigenvalue weighted by Crippen LogP contribution is 2.08. The number of hydrogen-bond acceptors (Lipinski definition) is 4. The van der Waals surface area contributed by atoms with Crippen LogP contribution < -0.4 is 5.32 Å². The molecule has 0 aliphatic rings. The highest BCUT2D eigenvalue weighted by molar-refractivity contribution is 7.10. The minimum atomic E-state index is 0.0735. The summed E-state index contributed by atoms with van der Waals surface area (Å²) in [6.45, 7) is 2.55. The summed E-state index contributed by atoms with van der Waals surface area (Å²) in [5.74, 6) is 0.0735. The van der Waals surface area contributed by atoms with Crippen LogP contribution in [0.15, 0.2) is 17.5 Å². The quantitative estimate of drug-likeness (QED) is 0.681. The van der Waals surface area contributed by atoms with E-state index in [9.17, 15) is 4.79 Å². The summed E-state index contributed by atoms with van der Waals surface area (Å²) in [5, 5.41) is 4.85. The molecule has 0 unspecified atom stereocenters. The molecule has 0 saturated carbocycles. The molecule has 5 heteroatoms. The molecule has 1 heterocycles. The van der Waals surface area contributed by atoms with Gasteiger partial charge in [-0.05, 0) is 17.9 Å². The van der Waals surface area contributed by atoms with E-state index in [1.54, 1.807) is 18.4 Å². The molecule has 0 fully saturated rings. The zero-order chi connectivity index (χ0) is 12.3. The van der Waals surface area contributed by atoms with Crippen molar-refractivity contribution < 1.29 is 14.3 Å². The van der Waals surface area contributed by atoms with Crippen LogP contribution in [0.3, 0.4) is 0 Å². The second-order valence-corrected chi connectivity index (χ2v) is 4.60. The number of rotatable bonds is 9. The maximum absolute atomic E-state index is 11.5. The maximum atomic E-state index is 11.5. The van der Waals surface area contributed by atoms with Crippen LogP contribution in [0.5, 0.6) is 0 Å². The molecule has 4 nitrogen and oxygen atoms in total. The first-order valence-electron chi connectivity index (χ1n) is 5.68. The van der Waals surface area contributed by atoms with Crippen LogP contribution in [0.1, 0.15) is 11.3 Å². The third-order valence-electron chi connectivity index (χ3n) is 2.13. The van der Waals surface area contributed by atoms with Gasteiger partial charge in [-0.25, -0.2) is 0 Å². The van der Waals surface area contributed by atoms with E-state index in [0.717, 1.165) is 11.3 Å². The Hall–Kier alpha value is -0.910. The number of amides is 1. The smallest absolute Gasteiger partial charge is 0.225 e. The molecule has 0 aliphatic carbocycles. The molecule has 1 aromatic rings. The van der Waals surface area contributed by atoms with Gasteiger partial charge in [0.15, 0.2) is 0 Å². The molecule has 1 rings (SSSR count). The molecule has 0 bridgehead atoms. The first-order valence-corrected chi connectivity index (χ1v) is 6.56. The standard InChI is InChI=1S/C12H19NO3S/c1-15-7-8-16-6-3-5-13-12(14)10-11-4-2-9-17-11/h2,4,9H,3,5-8,10H2,1H3,(H,13,14). The highest BCUT2D eigenvalue weighted by atomic mass is 32.1. The Morgan fingerprint density at radius 2 is 2.29 bits per heavy atom. The van der Waals surface area contributed by atoms with Crippen LogP contribution in [0.2, 0.25) is 0 Å². The highest BCUT2D eigenvalue weighted by Gasteiger charge is 2.02. The lowest BCUT2D eigenvalue weighted by atomic mass is 10.3. The van der Waals surface area contributed by atoms with Crippen molar-refractivity contribution in [3.63, 3.8) is 0 Å². The summed E-state index contributed by atoms with van der Waals surface area (Å²) in [6, 6.07) is 3.93. The van der Waals surface area contributed by atoms with Crippen molar-refractivity contribution in [2.45, 2.75) is 12.8 Å². The van der Waals surface area contributed by atoms with E-state index in [-0.39, 0.29) is 5.91 Å². The predicted molar refractivity (Wildman–Crippen MR) is 68.3 cm³/mol. The van der Waals surface area contributed by atoms with Crippen molar-refractivity contribution in [3.8, 4) is 0 Å². The van der Waals surface area contributed by atoms with Gasteiger partial charge in [0.2, 0.25) is 5.91 Å². The second-order valence-electron chi connectivity index (χ2n) is 3.56. The number of carbonyl (C=O) groups is 1. The van der Waals surface area contributed by atoms with E-state index >= 15 is 0 Å². The molecular formula is C12H19NO3S. The Morgan fingerprint density at radius 1 is 1.41 bits per heavy atom. The van der Waals surface area contributed by atoms with Crippen molar-refractivity contribution in [2.75, 3.05) is 33.5 Å². The average Bonchev–Trinajstić information content (AvgIpc) is 2.80. The first-order chi connectivity index (χ1) is 8.33. The molecule has 0 saturated heterocycles. The fraction of sp³-hybridized carbons (Fsp3) is 0.583. The first kappa shape index (κ1) is 14.2. The fourth-order valence-corrected chi connectivity index (χ4v) is 1.98. The van der Waals surface area contributed by atoms with Crippen molar-refractivity contribution in [3.05, 3.63) is 22.4 Å². The summed E-state index contributed by atoms with van der Waals surface area (Å²) in [7, 11) is 1.65. The summed E-state index contributed by atoms with van der Waals surface area (Å²) in [4.78, 5) is 12.6. The van der Waals surface area contributed by atoms with Crippen LogP contribution in [0, 0.1) is 0 Å². The third kappa shape index (κ3) is 7.10. The van der Waals surface area contributed by atoms with Crippen LogP contribution in [0.25, 0.3) is 0 Å². The molecule has 17 heavy (non-hydrogen) atoms. The van der Waals surface area contributed by atoms with Gasteiger partial charge in [-0.3, -0.25) is 4.79 Å². The largest absolute Gasteiger partial charge is 0.382 e. The number of hydrogen-bond donors (Lipinski definition) is 1. The minimum Gasteiger partial charge on any atom is -0.382 e. The fourth-order valence-electron chi connectivity index (χ4n) is 1.28. The van der Waals surface area contributed by atoms with Gasteiger partial charge in [0.1, 0.15) is 0 Å². The van der Waals surface area contributed by atoms with Crippen molar-refractivity contribution in [1.29, 1.82) is 0 Å². The molecule has 1 aromatic heterocycles. The van der Waals surface area contributed by atoms with Gasteiger partial charge in [0.05, 0.1) is 19.6 Å². The predicted octanol–water partition coefficient (Wildman–Crippen LogP) is 1.46. The number of carbonyl (C=O) groups excluding carboxylic acids is 1. The van der Waals surface area contributed by atoms with Gasteiger partial charge < -0.3 is 14.8 Å². The molecule has 0 spiro atoms. The Morgan fingerprint density at radius 3 is 3.00 bits per heavy atom. The molecule has 0 atom stereocenters. The maximum Gasteiger partial charge on any atom is 0.225 e. The zero-order valence-corrected chi connectivity index (χ0v) is 10.9. The van der Waals surface area contributed by atoms with Crippen molar-refractivity contribution in [2.24, 2.45) is 0 Å². The molecule has 0 aliphatic heterocycles. The van der Waals surface area contributed by atoms with Gasteiger partial charge in [-0.15, -0.1) is 11.3 Å². The van der Waals surface area contributed by atoms with Gasteiger partial charge in [-0.1, -0.05) is 6.07 Å². The SMILES string of the molecule is COCCOCCCNC(=O)Cc1cccs1. The zero-order valence-electron chi connectivity index (χ0n) is 10.1. The third-order valence-corrected chi connectivity index (χ3v) is 3.01. The normalized spacial score (nSPS) is 10.4. The van der Waals surface area contributed by atoms with E-state index < -0.39 is 0 Å². The van der Waals surface area contributed by atoms with Crippen molar-refractivity contribution >= 4 is 17.2 Å². The number of methoxy groups -OCH3 is 1. The van der Waals surface area contributed by atoms with Crippen LogP contribution in [0.4, 0.5) is 0 Å². The van der Waals surface area contributed by atoms with Crippen LogP contribution in [-0.2, 0) is 20.7 Å². The van der Waals surface area contributed by atoms with E-state index in [1.165, 1.54) is 0 Å². The van der Waals surface area contributed by atoms with E-state index in [1.807, 2.05) is 17.5 Å². The summed E-state index contributed by atoms with van der Waals surface area (Å²) >= 11 is 1.60. The monoisotopic (exact) mass is 257 g/mol. The lowest BCUT2D eigenvalue weighted by molar-refractivity contribution is -0.120. The molecule has 0 aromatic carbocycles. The second kappa shape index (κ2) is 9.15. The van der Waals surface area contributed by atoms with Crippen LogP contribution >= 0.6 is 11.3 Å². The van der Waals surface area contributed by atoms with Gasteiger partial charge >= 0.3 is 0 Å². The van der Waals surface area contributed by atoms with Gasteiger partial charge in [0.25, 0.3) is 0 Å². The van der Waals surface area contributed by atoms with E-state index in [2.05, 4.69) is 5.32 Å². The lowest BCUT2D eigenvalue weighted by Gasteiger charge is -2.05. The lowest BCUT2D eigenvalue weighted by Crippen LogP contribution is -2.26. The van der Waals surface area contributed by atoms with E-state index in [4.69, 9.17) is 9.47 Å². The molecule has 96 valence electrons. The Bertz CT molecular complexity index is 301. The number of ether oxygens (including phenoxy) is 2. The Kier molecular flexibility index (Phi) is 7.62.